The molecule has 3 saturated carbocycles. The van der Waals surface area contributed by atoms with Gasteiger partial charge in [-0.05, 0) is 79.4 Å². The lowest BCUT2D eigenvalue weighted by Crippen LogP contribution is -2.55. The average Bonchev–Trinajstić information content (AvgIpc) is 3.00. The summed E-state index contributed by atoms with van der Waals surface area (Å²) in [6.07, 6.45) is 13.8. The molecule has 0 aromatic heterocycles. The smallest absolute Gasteiger partial charge is 0.0658 e. The van der Waals surface area contributed by atoms with Gasteiger partial charge >= 0.3 is 0 Å². The topological polar surface area (TPSA) is 40.5 Å². The second-order valence-electron chi connectivity index (χ2n) is 12.3. The van der Waals surface area contributed by atoms with Crippen LogP contribution in [-0.2, 0) is 0 Å². The maximum atomic E-state index is 11.1. The lowest BCUT2D eigenvalue weighted by atomic mass is 9.46. The molecule has 2 N–H and O–H groups in total. The van der Waals surface area contributed by atoms with Crippen LogP contribution in [0.5, 0.6) is 0 Å². The second kappa shape index (κ2) is 7.97. The second-order valence-corrected chi connectivity index (χ2v) is 12.3. The number of hydrogen-bond acceptors (Lipinski definition) is 2. The number of hydrogen-bond donors (Lipinski definition) is 2. The molecule has 0 aromatic rings. The van der Waals surface area contributed by atoms with E-state index in [2.05, 4.69) is 40.7 Å². The summed E-state index contributed by atoms with van der Waals surface area (Å²) < 4.78 is 0. The Morgan fingerprint density at radius 1 is 1.03 bits per heavy atom. The van der Waals surface area contributed by atoms with E-state index in [0.29, 0.717) is 17.8 Å². The Hall–Kier alpha value is -0.340. The zero-order valence-corrected chi connectivity index (χ0v) is 19.7. The summed E-state index contributed by atoms with van der Waals surface area (Å²) in [4.78, 5) is 0. The van der Waals surface area contributed by atoms with Gasteiger partial charge in [0.2, 0.25) is 0 Å². The predicted molar refractivity (Wildman–Crippen MR) is 120 cm³/mol. The lowest BCUT2D eigenvalue weighted by Gasteiger charge is -2.59. The van der Waals surface area contributed by atoms with E-state index in [1.807, 2.05) is 0 Å². The maximum Gasteiger partial charge on any atom is 0.0658 e. The number of aliphatic hydroxyl groups excluding tert-OH is 2. The van der Waals surface area contributed by atoms with E-state index in [0.717, 1.165) is 36.0 Å². The fraction of sp³-hybridized carbons (Fsp3) is 0.926. The van der Waals surface area contributed by atoms with Gasteiger partial charge in [-0.15, -0.1) is 0 Å². The van der Waals surface area contributed by atoms with Gasteiger partial charge in [0.1, 0.15) is 0 Å². The zero-order chi connectivity index (χ0) is 21.0. The molecular formula is C27H46O2. The van der Waals surface area contributed by atoms with Gasteiger partial charge in [-0.2, -0.15) is 0 Å². The van der Waals surface area contributed by atoms with Crippen LogP contribution in [0.4, 0.5) is 0 Å². The Kier molecular flexibility index (Phi) is 6.01. The van der Waals surface area contributed by atoms with Crippen molar-refractivity contribution in [2.75, 3.05) is 0 Å². The maximum absolute atomic E-state index is 11.1. The molecule has 2 nitrogen and oxygen atoms in total. The fourth-order valence-corrected chi connectivity index (χ4v) is 8.73. The highest BCUT2D eigenvalue weighted by Crippen LogP contribution is 2.67. The van der Waals surface area contributed by atoms with E-state index in [1.54, 1.807) is 0 Å². The highest BCUT2D eigenvalue weighted by Gasteiger charge is 2.60. The first kappa shape index (κ1) is 21.9. The number of aliphatic hydroxyl groups is 2. The van der Waals surface area contributed by atoms with Gasteiger partial charge in [0, 0.05) is 11.8 Å². The first-order valence-electron chi connectivity index (χ1n) is 12.7. The highest BCUT2D eigenvalue weighted by molar-refractivity contribution is 5.27. The van der Waals surface area contributed by atoms with Crippen LogP contribution in [0, 0.1) is 46.3 Å². The first-order valence-corrected chi connectivity index (χ1v) is 12.7. The third-order valence-corrected chi connectivity index (χ3v) is 10.4. The van der Waals surface area contributed by atoms with Crippen LogP contribution >= 0.6 is 0 Å². The standard InChI is InChI=1S/C27H46O2/c1-17(2)7-6-8-18(3)22-11-12-23-21-10-9-19-15-20(28)16-25(29)27(19,5)24(21)13-14-26(22,23)4/h9,17-18,20-25,28-29H,6-8,10-16H2,1-5H3/t18-,20?,21+,22-,23+,24+,25+,26-,27+/m1/s1. The van der Waals surface area contributed by atoms with E-state index in [9.17, 15) is 10.2 Å². The van der Waals surface area contributed by atoms with Crippen LogP contribution in [-0.4, -0.2) is 22.4 Å². The van der Waals surface area contributed by atoms with Crippen molar-refractivity contribution in [2.45, 2.75) is 111 Å². The van der Waals surface area contributed by atoms with Gasteiger partial charge in [0.05, 0.1) is 12.2 Å². The van der Waals surface area contributed by atoms with Crippen molar-refractivity contribution in [1.82, 2.24) is 0 Å². The molecule has 0 saturated heterocycles. The van der Waals surface area contributed by atoms with Crippen LogP contribution in [0.15, 0.2) is 11.6 Å². The normalized spacial score (nSPS) is 47.9. The third-order valence-electron chi connectivity index (χ3n) is 10.4. The third kappa shape index (κ3) is 3.55. The molecule has 4 aliphatic rings. The summed E-state index contributed by atoms with van der Waals surface area (Å²) >= 11 is 0. The lowest BCUT2D eigenvalue weighted by molar-refractivity contribution is -0.108. The van der Waals surface area contributed by atoms with Gasteiger partial charge < -0.3 is 10.2 Å². The van der Waals surface area contributed by atoms with Gasteiger partial charge in [-0.1, -0.05) is 65.5 Å². The molecule has 3 fully saturated rings. The molecule has 0 heterocycles. The Morgan fingerprint density at radius 2 is 1.79 bits per heavy atom. The van der Waals surface area contributed by atoms with E-state index < -0.39 is 0 Å². The summed E-state index contributed by atoms with van der Waals surface area (Å²) in [6.45, 7) is 12.2. The highest BCUT2D eigenvalue weighted by atomic mass is 16.3. The van der Waals surface area contributed by atoms with Crippen molar-refractivity contribution in [1.29, 1.82) is 0 Å². The Labute approximate surface area is 179 Å². The van der Waals surface area contributed by atoms with E-state index >= 15 is 0 Å². The van der Waals surface area contributed by atoms with Crippen molar-refractivity contribution < 1.29 is 10.2 Å². The molecular weight excluding hydrogens is 356 g/mol. The van der Waals surface area contributed by atoms with Crippen LogP contribution < -0.4 is 0 Å². The summed E-state index contributed by atoms with van der Waals surface area (Å²) in [5.41, 5.74) is 1.77. The minimum atomic E-state index is -0.373. The number of rotatable bonds is 5. The van der Waals surface area contributed by atoms with Crippen molar-refractivity contribution in [3.8, 4) is 0 Å². The summed E-state index contributed by atoms with van der Waals surface area (Å²) in [6, 6.07) is 0. The minimum absolute atomic E-state index is 0.0928. The molecule has 4 aliphatic carbocycles. The number of fused-ring (bicyclic) bond motifs is 5. The molecule has 9 atom stereocenters. The first-order chi connectivity index (χ1) is 13.7. The summed E-state index contributed by atoms with van der Waals surface area (Å²) in [7, 11) is 0. The quantitative estimate of drug-likeness (QED) is 0.525. The van der Waals surface area contributed by atoms with Gasteiger partial charge in [0.15, 0.2) is 0 Å². The van der Waals surface area contributed by atoms with E-state index in [1.165, 1.54) is 56.9 Å². The van der Waals surface area contributed by atoms with E-state index in [-0.39, 0.29) is 17.6 Å². The van der Waals surface area contributed by atoms with E-state index in [4.69, 9.17) is 0 Å². The van der Waals surface area contributed by atoms with Crippen LogP contribution in [0.1, 0.15) is 98.8 Å². The van der Waals surface area contributed by atoms with Gasteiger partial charge in [0.25, 0.3) is 0 Å². The van der Waals surface area contributed by atoms with Crippen molar-refractivity contribution >= 4 is 0 Å². The molecule has 29 heavy (non-hydrogen) atoms. The predicted octanol–water partition coefficient (Wildman–Crippen LogP) is 6.36. The van der Waals surface area contributed by atoms with Gasteiger partial charge in [-0.3, -0.25) is 0 Å². The average molecular weight is 403 g/mol. The van der Waals surface area contributed by atoms with Gasteiger partial charge in [-0.25, -0.2) is 0 Å². The zero-order valence-electron chi connectivity index (χ0n) is 19.7. The minimum Gasteiger partial charge on any atom is -0.393 e. The van der Waals surface area contributed by atoms with Crippen LogP contribution in [0.3, 0.4) is 0 Å². The Bertz CT molecular complexity index is 624. The molecule has 2 heteroatoms. The molecule has 166 valence electrons. The monoisotopic (exact) mass is 402 g/mol. The van der Waals surface area contributed by atoms with Crippen LogP contribution in [0.25, 0.3) is 0 Å². The van der Waals surface area contributed by atoms with Crippen molar-refractivity contribution in [2.24, 2.45) is 46.3 Å². The molecule has 0 spiro atoms. The molecule has 0 bridgehead atoms. The summed E-state index contributed by atoms with van der Waals surface area (Å²) in [5, 5.41) is 21.3. The Balaban J connectivity index is 1.52. The number of allylic oxidation sites excluding steroid dienone is 1. The van der Waals surface area contributed by atoms with Crippen molar-refractivity contribution in [3.63, 3.8) is 0 Å². The molecule has 0 amide bonds. The molecule has 0 aliphatic heterocycles. The Morgan fingerprint density at radius 3 is 2.52 bits per heavy atom. The largest absolute Gasteiger partial charge is 0.393 e. The molecule has 0 aromatic carbocycles. The fourth-order valence-electron chi connectivity index (χ4n) is 8.73. The molecule has 1 unspecified atom stereocenters. The van der Waals surface area contributed by atoms with Crippen molar-refractivity contribution in [3.05, 3.63) is 11.6 Å². The molecule has 4 rings (SSSR count). The SMILES string of the molecule is CC(C)CCC[C@@H](C)[C@H]1CC[C@H]2[C@@H]3CC=C4CC(O)C[C@H](O)[C@]4(C)[C@H]3CC[C@]12C. The van der Waals surface area contributed by atoms with Crippen LogP contribution in [0.2, 0.25) is 0 Å². The summed E-state index contributed by atoms with van der Waals surface area (Å²) in [5.74, 6) is 4.73. The molecule has 0 radical (unpaired) electrons.